The van der Waals surface area contributed by atoms with Gasteiger partial charge in [0.1, 0.15) is 0 Å². The normalized spacial score (nSPS) is 24.7. The highest BCUT2D eigenvalue weighted by atomic mass is 127. The molecule has 3 unspecified atom stereocenters. The standard InChI is InChI=1S/C20H31N3O2S.HI/c1-3-25-18-15-17(20(18)11-7-8-12-20)23-19(21-2)22-13-14-26(24)16-9-5-4-6-10-16;/h4-6,9-10,17-18H,3,7-8,11-15H2,1-2H3,(H2,21,22,23);1H. The predicted molar refractivity (Wildman–Crippen MR) is 122 cm³/mol. The average Bonchev–Trinajstić information content (AvgIpc) is 3.19. The van der Waals surface area contributed by atoms with Crippen molar-refractivity contribution in [3.63, 3.8) is 0 Å². The molecule has 0 aromatic heterocycles. The molecule has 1 aromatic carbocycles. The summed E-state index contributed by atoms with van der Waals surface area (Å²) in [4.78, 5) is 5.24. The molecular weight excluding hydrogens is 473 g/mol. The Bertz CT molecular complexity index is 635. The summed E-state index contributed by atoms with van der Waals surface area (Å²) in [5, 5.41) is 6.93. The molecule has 27 heavy (non-hydrogen) atoms. The van der Waals surface area contributed by atoms with E-state index in [1.807, 2.05) is 30.3 Å². The highest BCUT2D eigenvalue weighted by Gasteiger charge is 2.56. The molecular formula is C20H32IN3O2S. The van der Waals surface area contributed by atoms with Gasteiger partial charge in [0.25, 0.3) is 0 Å². The molecule has 2 fully saturated rings. The molecule has 0 aliphatic heterocycles. The number of guanidine groups is 1. The second-order valence-corrected chi connectivity index (χ2v) is 8.75. The monoisotopic (exact) mass is 505 g/mol. The Kier molecular flexibility index (Phi) is 9.01. The minimum Gasteiger partial charge on any atom is -0.378 e. The first-order chi connectivity index (χ1) is 12.7. The van der Waals surface area contributed by atoms with Gasteiger partial charge in [0.05, 0.1) is 16.9 Å². The summed E-state index contributed by atoms with van der Waals surface area (Å²) in [6.45, 7) is 3.50. The fourth-order valence-electron chi connectivity index (χ4n) is 4.40. The van der Waals surface area contributed by atoms with Gasteiger partial charge in [0.2, 0.25) is 0 Å². The van der Waals surface area contributed by atoms with Gasteiger partial charge in [-0.25, -0.2) is 0 Å². The smallest absolute Gasteiger partial charge is 0.191 e. The van der Waals surface area contributed by atoms with Crippen LogP contribution in [-0.4, -0.2) is 48.3 Å². The number of benzene rings is 1. The highest BCUT2D eigenvalue weighted by molar-refractivity contribution is 14.0. The van der Waals surface area contributed by atoms with E-state index in [2.05, 4.69) is 22.5 Å². The van der Waals surface area contributed by atoms with E-state index in [4.69, 9.17) is 4.74 Å². The molecule has 0 heterocycles. The van der Waals surface area contributed by atoms with E-state index in [0.29, 0.717) is 24.4 Å². The van der Waals surface area contributed by atoms with E-state index >= 15 is 0 Å². The van der Waals surface area contributed by atoms with Crippen LogP contribution in [0.3, 0.4) is 0 Å². The molecule has 2 aliphatic carbocycles. The largest absolute Gasteiger partial charge is 0.378 e. The van der Waals surface area contributed by atoms with Crippen LogP contribution in [0.5, 0.6) is 0 Å². The van der Waals surface area contributed by atoms with E-state index < -0.39 is 10.8 Å². The van der Waals surface area contributed by atoms with Crippen molar-refractivity contribution in [1.29, 1.82) is 0 Å². The zero-order chi connectivity index (χ0) is 18.4. The van der Waals surface area contributed by atoms with Crippen LogP contribution < -0.4 is 10.6 Å². The lowest BCUT2D eigenvalue weighted by Gasteiger charge is -2.54. The summed E-state index contributed by atoms with van der Waals surface area (Å²) >= 11 is 0. The molecule has 2 N–H and O–H groups in total. The third-order valence-corrected chi connectivity index (χ3v) is 7.18. The van der Waals surface area contributed by atoms with Gasteiger partial charge in [-0.1, -0.05) is 31.0 Å². The lowest BCUT2D eigenvalue weighted by atomic mass is 9.60. The maximum absolute atomic E-state index is 12.3. The first-order valence-electron chi connectivity index (χ1n) is 9.72. The fourth-order valence-corrected chi connectivity index (χ4v) is 5.38. The minimum atomic E-state index is -0.985. The summed E-state index contributed by atoms with van der Waals surface area (Å²) in [5.41, 5.74) is 0.278. The Morgan fingerprint density at radius 3 is 2.63 bits per heavy atom. The quantitative estimate of drug-likeness (QED) is 0.339. The van der Waals surface area contributed by atoms with Crippen LogP contribution in [0, 0.1) is 5.41 Å². The number of halogens is 1. The molecule has 7 heteroatoms. The second-order valence-electron chi connectivity index (χ2n) is 7.18. The summed E-state index contributed by atoms with van der Waals surface area (Å²) in [5.74, 6) is 1.38. The van der Waals surface area contributed by atoms with Crippen LogP contribution in [0.15, 0.2) is 40.2 Å². The van der Waals surface area contributed by atoms with E-state index in [-0.39, 0.29) is 29.4 Å². The third kappa shape index (κ3) is 5.23. The van der Waals surface area contributed by atoms with Gasteiger partial charge in [-0.05, 0) is 38.3 Å². The lowest BCUT2D eigenvalue weighted by molar-refractivity contribution is -0.125. The predicted octanol–water partition coefficient (Wildman–Crippen LogP) is 3.32. The molecule has 1 spiro atoms. The summed E-state index contributed by atoms with van der Waals surface area (Å²) in [6.07, 6.45) is 6.50. The first-order valence-corrected chi connectivity index (χ1v) is 11.0. The van der Waals surface area contributed by atoms with Crippen molar-refractivity contribution in [3.8, 4) is 0 Å². The van der Waals surface area contributed by atoms with Crippen molar-refractivity contribution in [2.24, 2.45) is 10.4 Å². The minimum absolute atomic E-state index is 0. The molecule has 0 bridgehead atoms. The zero-order valence-corrected chi connectivity index (χ0v) is 19.4. The summed E-state index contributed by atoms with van der Waals surface area (Å²) < 4.78 is 18.3. The van der Waals surface area contributed by atoms with Crippen molar-refractivity contribution in [2.45, 2.75) is 56.1 Å². The molecule has 152 valence electrons. The Morgan fingerprint density at radius 1 is 1.30 bits per heavy atom. The van der Waals surface area contributed by atoms with Gasteiger partial charge >= 0.3 is 0 Å². The van der Waals surface area contributed by atoms with Gasteiger partial charge < -0.3 is 15.4 Å². The molecule has 5 nitrogen and oxygen atoms in total. The Hall–Kier alpha value is -0.670. The van der Waals surface area contributed by atoms with Crippen LogP contribution in [-0.2, 0) is 15.5 Å². The molecule has 0 radical (unpaired) electrons. The van der Waals surface area contributed by atoms with Crippen LogP contribution in [0.1, 0.15) is 39.0 Å². The molecule has 1 aromatic rings. The molecule has 2 saturated carbocycles. The van der Waals surface area contributed by atoms with Crippen LogP contribution in [0.25, 0.3) is 0 Å². The van der Waals surface area contributed by atoms with E-state index in [1.54, 1.807) is 7.05 Å². The van der Waals surface area contributed by atoms with Gasteiger partial charge in [0, 0.05) is 42.3 Å². The number of hydrogen-bond donors (Lipinski definition) is 2. The van der Waals surface area contributed by atoms with Gasteiger partial charge in [-0.3, -0.25) is 9.20 Å². The van der Waals surface area contributed by atoms with E-state index in [0.717, 1.165) is 23.9 Å². The van der Waals surface area contributed by atoms with Crippen molar-refractivity contribution in [1.82, 2.24) is 10.6 Å². The fraction of sp³-hybridized carbons (Fsp3) is 0.650. The summed E-state index contributed by atoms with van der Waals surface area (Å²) in [6, 6.07) is 10.0. The number of nitrogens with zero attached hydrogens (tertiary/aromatic N) is 1. The highest BCUT2D eigenvalue weighted by Crippen LogP contribution is 2.54. The maximum Gasteiger partial charge on any atom is 0.191 e. The average molecular weight is 505 g/mol. The second kappa shape index (κ2) is 10.8. The molecule has 3 atom stereocenters. The van der Waals surface area contributed by atoms with E-state index in [1.165, 1.54) is 25.7 Å². The molecule has 3 rings (SSSR count). The van der Waals surface area contributed by atoms with Gasteiger partial charge in [-0.2, -0.15) is 0 Å². The van der Waals surface area contributed by atoms with Crippen LogP contribution >= 0.6 is 24.0 Å². The Balaban J connectivity index is 0.00000261. The number of aliphatic imine (C=N–C) groups is 1. The van der Waals surface area contributed by atoms with Crippen molar-refractivity contribution in [2.75, 3.05) is 26.0 Å². The van der Waals surface area contributed by atoms with Crippen molar-refractivity contribution < 1.29 is 8.95 Å². The van der Waals surface area contributed by atoms with Gasteiger partial charge in [0.15, 0.2) is 5.96 Å². The topological polar surface area (TPSA) is 62.7 Å². The van der Waals surface area contributed by atoms with Crippen molar-refractivity contribution >= 4 is 40.7 Å². The Labute approximate surface area is 182 Å². The van der Waals surface area contributed by atoms with E-state index in [9.17, 15) is 4.21 Å². The van der Waals surface area contributed by atoms with Crippen LogP contribution in [0.4, 0.5) is 0 Å². The van der Waals surface area contributed by atoms with Crippen LogP contribution in [0.2, 0.25) is 0 Å². The summed E-state index contributed by atoms with van der Waals surface area (Å²) in [7, 11) is 0.811. The molecule has 2 aliphatic rings. The van der Waals surface area contributed by atoms with Crippen molar-refractivity contribution in [3.05, 3.63) is 30.3 Å². The SMILES string of the molecule is CCOC1CC(NC(=NC)NCCS(=O)c2ccccc2)C12CCCC2.I. The number of ether oxygens (including phenoxy) is 1. The number of nitrogens with one attached hydrogen (secondary N) is 2. The maximum atomic E-state index is 12.3. The van der Waals surface area contributed by atoms with Gasteiger partial charge in [-0.15, -0.1) is 24.0 Å². The zero-order valence-electron chi connectivity index (χ0n) is 16.3. The first kappa shape index (κ1) is 22.6. The molecule has 0 saturated heterocycles. The lowest BCUT2D eigenvalue weighted by Crippen LogP contribution is -2.65. The third-order valence-electron chi connectivity index (χ3n) is 5.81. The number of rotatable bonds is 7. The number of hydrogen-bond acceptors (Lipinski definition) is 3. The molecule has 0 amide bonds. The Morgan fingerprint density at radius 2 is 2.00 bits per heavy atom.